The number of halogens is 1. The Balaban J connectivity index is 1.24. The summed E-state index contributed by atoms with van der Waals surface area (Å²) in [5.41, 5.74) is 4.91. The number of carbonyl (C=O) groups excluding carboxylic acids is 1. The lowest BCUT2D eigenvalue weighted by Crippen LogP contribution is -2.34. The number of nitrogens with zero attached hydrogens (tertiary/aromatic N) is 1. The van der Waals surface area contributed by atoms with E-state index in [-0.39, 0.29) is 36.2 Å². The molecule has 0 bridgehead atoms. The van der Waals surface area contributed by atoms with E-state index in [0.29, 0.717) is 28.5 Å². The molecule has 0 radical (unpaired) electrons. The number of methoxy groups -OCH3 is 1. The molecule has 8 nitrogen and oxygen atoms in total. The molecule has 4 aromatic carbocycles. The summed E-state index contributed by atoms with van der Waals surface area (Å²) in [6, 6.07) is 23.9. The Kier molecular flexibility index (Phi) is 9.48. The largest absolute Gasteiger partial charge is 0.497 e. The molecule has 0 aliphatic heterocycles. The molecule has 0 saturated heterocycles. The van der Waals surface area contributed by atoms with Crippen LogP contribution in [0.2, 0.25) is 5.02 Å². The lowest BCUT2D eigenvalue weighted by Gasteiger charge is -2.17. The van der Waals surface area contributed by atoms with E-state index in [9.17, 15) is 13.2 Å². The zero-order valence-electron chi connectivity index (χ0n) is 25.2. The number of amides is 1. The van der Waals surface area contributed by atoms with Gasteiger partial charge in [-0.15, -0.1) is 0 Å². The summed E-state index contributed by atoms with van der Waals surface area (Å²) in [5.74, 6) is 1.18. The average Bonchev–Trinajstić information content (AvgIpc) is 3.27. The number of sulfonamides is 1. The molecule has 5 rings (SSSR count). The summed E-state index contributed by atoms with van der Waals surface area (Å²) < 4.78 is 40.6. The molecule has 44 heavy (non-hydrogen) atoms. The molecule has 2 N–H and O–H groups in total. The number of rotatable bonds is 12. The molecule has 0 saturated carbocycles. The summed E-state index contributed by atoms with van der Waals surface area (Å²) >= 11 is 6.01. The highest BCUT2D eigenvalue weighted by molar-refractivity contribution is 7.89. The second-order valence-electron chi connectivity index (χ2n) is 10.9. The fourth-order valence-electron chi connectivity index (χ4n) is 5.62. The Morgan fingerprint density at radius 2 is 1.64 bits per heavy atom. The summed E-state index contributed by atoms with van der Waals surface area (Å²) in [6.07, 6.45) is 0.146. The summed E-state index contributed by atoms with van der Waals surface area (Å²) in [4.78, 5) is 15.2. The predicted octanol–water partition coefficient (Wildman–Crippen LogP) is 6.00. The third kappa shape index (κ3) is 6.70. The number of nitrogens with one attached hydrogen (secondary N) is 2. The van der Waals surface area contributed by atoms with Crippen LogP contribution in [0.3, 0.4) is 0 Å². The maximum absolute atomic E-state index is 13.2. The van der Waals surface area contributed by atoms with E-state index in [1.54, 1.807) is 37.4 Å². The summed E-state index contributed by atoms with van der Waals surface area (Å²) in [5, 5.41) is 5.00. The molecule has 0 fully saturated rings. The lowest BCUT2D eigenvalue weighted by molar-refractivity contribution is -0.120. The van der Waals surface area contributed by atoms with Crippen molar-refractivity contribution < 1.29 is 22.7 Å². The SMILES string of the molecule is COc1ccc2c(c1)C(CC(=O)NCCNS(=O)(=O)c1cccc3c(N(C)C)cccc13)=C(C)C2COc1ccc(Cl)cc1. The van der Waals surface area contributed by atoms with E-state index in [2.05, 4.69) is 10.0 Å². The summed E-state index contributed by atoms with van der Waals surface area (Å²) in [7, 11) is 1.65. The topological polar surface area (TPSA) is 97.0 Å². The Bertz CT molecular complexity index is 1820. The molecule has 1 aliphatic rings. The molecule has 4 aromatic rings. The van der Waals surface area contributed by atoms with Gasteiger partial charge in [-0.25, -0.2) is 13.1 Å². The van der Waals surface area contributed by atoms with Crippen LogP contribution in [0.15, 0.2) is 89.3 Å². The first-order valence-electron chi connectivity index (χ1n) is 14.3. The number of fused-ring (bicyclic) bond motifs is 2. The van der Waals surface area contributed by atoms with Crippen molar-refractivity contribution in [3.8, 4) is 11.5 Å². The van der Waals surface area contributed by atoms with Crippen molar-refractivity contribution in [3.63, 3.8) is 0 Å². The molecule has 1 aliphatic carbocycles. The molecule has 10 heteroatoms. The summed E-state index contributed by atoms with van der Waals surface area (Å²) in [6.45, 7) is 2.62. The number of ether oxygens (including phenoxy) is 2. The number of carbonyl (C=O) groups is 1. The van der Waals surface area contributed by atoms with Crippen LogP contribution in [0.1, 0.15) is 30.4 Å². The fraction of sp³-hybridized carbons (Fsp3) is 0.265. The van der Waals surface area contributed by atoms with E-state index in [1.807, 2.05) is 74.4 Å². The minimum atomic E-state index is -3.81. The van der Waals surface area contributed by atoms with Gasteiger partial charge in [0.25, 0.3) is 0 Å². The fourth-order valence-corrected chi connectivity index (χ4v) is 7.00. The van der Waals surface area contributed by atoms with E-state index in [1.165, 1.54) is 0 Å². The zero-order chi connectivity index (χ0) is 31.4. The quantitative estimate of drug-likeness (QED) is 0.186. The Labute approximate surface area is 263 Å². The van der Waals surface area contributed by atoms with Gasteiger partial charge in [-0.1, -0.05) is 47.5 Å². The third-order valence-electron chi connectivity index (χ3n) is 7.90. The van der Waals surface area contributed by atoms with Gasteiger partial charge < -0.3 is 19.7 Å². The molecule has 230 valence electrons. The first kappa shape index (κ1) is 31.4. The zero-order valence-corrected chi connectivity index (χ0v) is 26.8. The highest BCUT2D eigenvalue weighted by Gasteiger charge is 2.31. The van der Waals surface area contributed by atoms with Gasteiger partial charge in [0.15, 0.2) is 0 Å². The van der Waals surface area contributed by atoms with Crippen LogP contribution in [-0.2, 0) is 14.8 Å². The van der Waals surface area contributed by atoms with Crippen LogP contribution in [-0.4, -0.2) is 55.2 Å². The molecule has 1 unspecified atom stereocenters. The van der Waals surface area contributed by atoms with E-state index in [4.69, 9.17) is 21.1 Å². The number of hydrogen-bond donors (Lipinski definition) is 2. The van der Waals surface area contributed by atoms with Gasteiger partial charge >= 0.3 is 0 Å². The lowest BCUT2D eigenvalue weighted by atomic mass is 9.97. The maximum Gasteiger partial charge on any atom is 0.241 e. The molecule has 0 aromatic heterocycles. The van der Waals surface area contributed by atoms with Crippen LogP contribution in [0.5, 0.6) is 11.5 Å². The first-order valence-corrected chi connectivity index (χ1v) is 16.2. The monoisotopic (exact) mass is 633 g/mol. The van der Waals surface area contributed by atoms with Crippen LogP contribution >= 0.6 is 11.6 Å². The minimum Gasteiger partial charge on any atom is -0.497 e. The van der Waals surface area contributed by atoms with Crippen LogP contribution in [0.4, 0.5) is 5.69 Å². The second-order valence-corrected chi connectivity index (χ2v) is 13.1. The average molecular weight is 634 g/mol. The van der Waals surface area contributed by atoms with Crippen molar-refractivity contribution in [2.45, 2.75) is 24.2 Å². The molecule has 1 atom stereocenters. The van der Waals surface area contributed by atoms with Crippen LogP contribution in [0, 0.1) is 0 Å². The predicted molar refractivity (Wildman–Crippen MR) is 176 cm³/mol. The van der Waals surface area contributed by atoms with Crippen molar-refractivity contribution in [2.24, 2.45) is 0 Å². The number of benzene rings is 4. The van der Waals surface area contributed by atoms with Crippen molar-refractivity contribution in [1.29, 1.82) is 0 Å². The Hall–Kier alpha value is -4.05. The Morgan fingerprint density at radius 3 is 2.36 bits per heavy atom. The van der Waals surface area contributed by atoms with E-state index >= 15 is 0 Å². The second kappa shape index (κ2) is 13.3. The first-order chi connectivity index (χ1) is 21.1. The van der Waals surface area contributed by atoms with Gasteiger partial charge in [-0.3, -0.25) is 4.79 Å². The molecule has 1 amide bonds. The molecule has 0 heterocycles. The van der Waals surface area contributed by atoms with Gasteiger partial charge in [0, 0.05) is 54.6 Å². The van der Waals surface area contributed by atoms with Crippen molar-refractivity contribution in [2.75, 3.05) is 45.8 Å². The Morgan fingerprint density at radius 1 is 0.932 bits per heavy atom. The highest BCUT2D eigenvalue weighted by Crippen LogP contribution is 2.44. The van der Waals surface area contributed by atoms with E-state index in [0.717, 1.165) is 33.3 Å². The van der Waals surface area contributed by atoms with Crippen molar-refractivity contribution >= 4 is 49.6 Å². The van der Waals surface area contributed by atoms with Gasteiger partial charge in [0.2, 0.25) is 15.9 Å². The van der Waals surface area contributed by atoms with Gasteiger partial charge in [0.05, 0.1) is 25.0 Å². The maximum atomic E-state index is 13.2. The highest BCUT2D eigenvalue weighted by atomic mass is 35.5. The molecular weight excluding hydrogens is 598 g/mol. The number of hydrogen-bond acceptors (Lipinski definition) is 6. The standard InChI is InChI=1S/C34H36ClN3O5S/c1-22-29(30-19-25(42-4)15-16-26(30)31(22)21-43-24-13-11-23(35)12-14-24)20-34(39)36-17-18-37-44(40,41)33-10-6-7-27-28(33)8-5-9-32(27)38(2)3/h5-16,19,31,37H,17-18,20-21H2,1-4H3,(H,36,39). The van der Waals surface area contributed by atoms with Gasteiger partial charge in [-0.05, 0) is 72.2 Å². The van der Waals surface area contributed by atoms with Crippen LogP contribution < -0.4 is 24.4 Å². The third-order valence-corrected chi connectivity index (χ3v) is 9.67. The van der Waals surface area contributed by atoms with Gasteiger partial charge in [-0.2, -0.15) is 0 Å². The van der Waals surface area contributed by atoms with Gasteiger partial charge in [0.1, 0.15) is 11.5 Å². The smallest absolute Gasteiger partial charge is 0.241 e. The van der Waals surface area contributed by atoms with Crippen molar-refractivity contribution in [3.05, 3.63) is 101 Å². The van der Waals surface area contributed by atoms with E-state index < -0.39 is 10.0 Å². The normalized spacial score (nSPS) is 14.4. The number of anilines is 1. The van der Waals surface area contributed by atoms with Crippen molar-refractivity contribution in [1.82, 2.24) is 10.0 Å². The van der Waals surface area contributed by atoms with Crippen LogP contribution in [0.25, 0.3) is 16.3 Å². The minimum absolute atomic E-state index is 0.0325. The molecule has 0 spiro atoms. The molecular formula is C34H36ClN3O5S.